The zero-order valence-corrected chi connectivity index (χ0v) is 11.9. The van der Waals surface area contributed by atoms with Gasteiger partial charge in [-0.05, 0) is 30.3 Å². The highest BCUT2D eigenvalue weighted by Gasteiger charge is 2.02. The number of halogens is 1. The summed E-state index contributed by atoms with van der Waals surface area (Å²) in [6.07, 6.45) is 4.06. The number of nitrogens with zero attached hydrogens (tertiary/aromatic N) is 1. The van der Waals surface area contributed by atoms with Gasteiger partial charge in [0.2, 0.25) is 0 Å². The normalized spacial score (nSPS) is 11.6. The van der Waals surface area contributed by atoms with Crippen LogP contribution < -0.4 is 5.32 Å². The van der Waals surface area contributed by atoms with Crippen molar-refractivity contribution in [1.29, 1.82) is 0 Å². The van der Waals surface area contributed by atoms with Gasteiger partial charge in [0, 0.05) is 23.5 Å². The molecule has 1 aromatic heterocycles. The quantitative estimate of drug-likeness (QED) is 0.894. The van der Waals surface area contributed by atoms with Crippen LogP contribution >= 0.6 is 11.3 Å². The Morgan fingerprint density at radius 3 is 2.74 bits per heavy atom. The van der Waals surface area contributed by atoms with Gasteiger partial charge >= 0.3 is 0 Å². The van der Waals surface area contributed by atoms with Crippen LogP contribution in [0, 0.1) is 5.82 Å². The Balaban J connectivity index is 2.01. The SMILES string of the molecule is CC(C)NCC=Cc1csc(-c2ccc(F)cc2)n1. The minimum absolute atomic E-state index is 0.222. The fourth-order valence-electron chi connectivity index (χ4n) is 1.57. The lowest BCUT2D eigenvalue weighted by Gasteiger charge is -2.02. The zero-order valence-electron chi connectivity index (χ0n) is 11.1. The van der Waals surface area contributed by atoms with Crippen LogP contribution in [0.4, 0.5) is 4.39 Å². The molecule has 0 saturated heterocycles. The first-order valence-corrected chi connectivity index (χ1v) is 7.14. The molecule has 0 radical (unpaired) electrons. The lowest BCUT2D eigenvalue weighted by atomic mass is 10.2. The number of rotatable bonds is 5. The van der Waals surface area contributed by atoms with Crippen LogP contribution in [0.1, 0.15) is 19.5 Å². The monoisotopic (exact) mass is 276 g/mol. The van der Waals surface area contributed by atoms with Gasteiger partial charge in [-0.1, -0.05) is 19.9 Å². The van der Waals surface area contributed by atoms with Gasteiger partial charge in [-0.2, -0.15) is 0 Å². The van der Waals surface area contributed by atoms with E-state index in [1.165, 1.54) is 12.1 Å². The van der Waals surface area contributed by atoms with Gasteiger partial charge in [-0.25, -0.2) is 9.37 Å². The summed E-state index contributed by atoms with van der Waals surface area (Å²) < 4.78 is 12.8. The molecule has 0 unspecified atom stereocenters. The van der Waals surface area contributed by atoms with Crippen LogP contribution in [0.15, 0.2) is 35.7 Å². The summed E-state index contributed by atoms with van der Waals surface area (Å²) >= 11 is 1.57. The molecule has 0 atom stereocenters. The lowest BCUT2D eigenvalue weighted by molar-refractivity contribution is 0.628. The number of benzene rings is 1. The number of thiazole rings is 1. The molecule has 1 heterocycles. The van der Waals surface area contributed by atoms with E-state index in [1.807, 2.05) is 11.5 Å². The molecule has 0 spiro atoms. The first-order chi connectivity index (χ1) is 9.15. The van der Waals surface area contributed by atoms with Gasteiger partial charge in [-0.15, -0.1) is 11.3 Å². The van der Waals surface area contributed by atoms with Crippen molar-refractivity contribution >= 4 is 17.4 Å². The van der Waals surface area contributed by atoms with Gasteiger partial charge < -0.3 is 5.32 Å². The van der Waals surface area contributed by atoms with Crippen LogP contribution in [0.25, 0.3) is 16.6 Å². The number of hydrogen-bond donors (Lipinski definition) is 1. The molecule has 2 aromatic rings. The average molecular weight is 276 g/mol. The van der Waals surface area contributed by atoms with E-state index in [0.29, 0.717) is 6.04 Å². The largest absolute Gasteiger partial charge is 0.311 e. The fourth-order valence-corrected chi connectivity index (χ4v) is 2.37. The molecule has 100 valence electrons. The minimum atomic E-state index is -0.222. The Morgan fingerprint density at radius 2 is 2.05 bits per heavy atom. The van der Waals surface area contributed by atoms with Crippen molar-refractivity contribution in [3.63, 3.8) is 0 Å². The third kappa shape index (κ3) is 4.26. The first-order valence-electron chi connectivity index (χ1n) is 6.26. The molecule has 19 heavy (non-hydrogen) atoms. The van der Waals surface area contributed by atoms with E-state index in [4.69, 9.17) is 0 Å². The fraction of sp³-hybridized carbons (Fsp3) is 0.267. The third-order valence-corrected chi connectivity index (χ3v) is 3.46. The van der Waals surface area contributed by atoms with Crippen molar-refractivity contribution in [2.24, 2.45) is 0 Å². The molecule has 1 N–H and O–H groups in total. The van der Waals surface area contributed by atoms with Crippen molar-refractivity contribution < 1.29 is 4.39 Å². The number of hydrogen-bond acceptors (Lipinski definition) is 3. The highest BCUT2D eigenvalue weighted by molar-refractivity contribution is 7.13. The van der Waals surface area contributed by atoms with Gasteiger partial charge in [0.1, 0.15) is 10.8 Å². The molecule has 2 rings (SSSR count). The molecule has 1 aromatic carbocycles. The third-order valence-electron chi connectivity index (χ3n) is 2.55. The predicted octanol–water partition coefficient (Wildman–Crippen LogP) is 3.96. The predicted molar refractivity (Wildman–Crippen MR) is 79.7 cm³/mol. The molecule has 0 saturated carbocycles. The Morgan fingerprint density at radius 1 is 1.32 bits per heavy atom. The second-order valence-electron chi connectivity index (χ2n) is 4.55. The summed E-state index contributed by atoms with van der Waals surface area (Å²) in [7, 11) is 0. The molecular formula is C15H17FN2S. The van der Waals surface area contributed by atoms with E-state index in [9.17, 15) is 4.39 Å². The van der Waals surface area contributed by atoms with Crippen LogP contribution in [-0.4, -0.2) is 17.6 Å². The summed E-state index contributed by atoms with van der Waals surface area (Å²) in [4.78, 5) is 4.51. The summed E-state index contributed by atoms with van der Waals surface area (Å²) in [5.41, 5.74) is 1.89. The summed E-state index contributed by atoms with van der Waals surface area (Å²) in [6.45, 7) is 5.06. The van der Waals surface area contributed by atoms with Crippen molar-refractivity contribution in [1.82, 2.24) is 10.3 Å². The minimum Gasteiger partial charge on any atom is -0.311 e. The molecule has 0 bridgehead atoms. The van der Waals surface area contributed by atoms with Gasteiger partial charge in [0.15, 0.2) is 0 Å². The van der Waals surface area contributed by atoms with E-state index in [0.717, 1.165) is 22.8 Å². The van der Waals surface area contributed by atoms with Crippen molar-refractivity contribution in [3.8, 4) is 10.6 Å². The number of nitrogens with one attached hydrogen (secondary N) is 1. The second-order valence-corrected chi connectivity index (χ2v) is 5.41. The summed E-state index contributed by atoms with van der Waals surface area (Å²) in [6, 6.07) is 6.90. The first kappa shape index (κ1) is 13.9. The maximum Gasteiger partial charge on any atom is 0.124 e. The van der Waals surface area contributed by atoms with E-state index >= 15 is 0 Å². The van der Waals surface area contributed by atoms with E-state index in [1.54, 1.807) is 23.5 Å². The lowest BCUT2D eigenvalue weighted by Crippen LogP contribution is -2.22. The van der Waals surface area contributed by atoms with Crippen molar-refractivity contribution in [2.75, 3.05) is 6.54 Å². The Hall–Kier alpha value is -1.52. The smallest absolute Gasteiger partial charge is 0.124 e. The van der Waals surface area contributed by atoms with Crippen LogP contribution in [0.3, 0.4) is 0 Å². The standard InChI is InChI=1S/C15H17FN2S/c1-11(2)17-9-3-4-14-10-19-15(18-14)12-5-7-13(16)8-6-12/h3-8,10-11,17H,9H2,1-2H3. The van der Waals surface area contributed by atoms with Crippen LogP contribution in [0.5, 0.6) is 0 Å². The molecule has 0 aliphatic rings. The highest BCUT2D eigenvalue weighted by Crippen LogP contribution is 2.24. The summed E-state index contributed by atoms with van der Waals surface area (Å²) in [5, 5.41) is 6.23. The molecule has 0 aliphatic carbocycles. The van der Waals surface area contributed by atoms with Gasteiger partial charge in [0.05, 0.1) is 5.69 Å². The molecule has 0 aliphatic heterocycles. The number of aromatic nitrogens is 1. The maximum absolute atomic E-state index is 12.8. The average Bonchev–Trinajstić information content (AvgIpc) is 2.84. The van der Waals surface area contributed by atoms with Crippen LogP contribution in [-0.2, 0) is 0 Å². The molecule has 0 fully saturated rings. The Bertz CT molecular complexity index is 544. The Kier molecular flexibility index (Phi) is 4.82. The molecular weight excluding hydrogens is 259 g/mol. The van der Waals surface area contributed by atoms with Gasteiger partial charge in [0.25, 0.3) is 0 Å². The molecule has 0 amide bonds. The Labute approximate surface area is 117 Å². The van der Waals surface area contributed by atoms with Crippen LogP contribution in [0.2, 0.25) is 0 Å². The van der Waals surface area contributed by atoms with E-state index in [-0.39, 0.29) is 5.82 Å². The maximum atomic E-state index is 12.8. The highest BCUT2D eigenvalue weighted by atomic mass is 32.1. The molecule has 4 heteroatoms. The van der Waals surface area contributed by atoms with Crippen molar-refractivity contribution in [3.05, 3.63) is 47.2 Å². The van der Waals surface area contributed by atoms with E-state index < -0.39 is 0 Å². The molecule has 2 nitrogen and oxygen atoms in total. The van der Waals surface area contributed by atoms with E-state index in [2.05, 4.69) is 30.2 Å². The topological polar surface area (TPSA) is 24.9 Å². The van der Waals surface area contributed by atoms with Gasteiger partial charge in [-0.3, -0.25) is 0 Å². The zero-order chi connectivity index (χ0) is 13.7. The second kappa shape index (κ2) is 6.59. The van der Waals surface area contributed by atoms with Crippen molar-refractivity contribution in [2.45, 2.75) is 19.9 Å². The summed E-state index contributed by atoms with van der Waals surface area (Å²) in [5.74, 6) is -0.222.